The van der Waals surface area contributed by atoms with Crippen molar-refractivity contribution in [1.29, 1.82) is 0 Å². The van der Waals surface area contributed by atoms with Gasteiger partial charge in [-0.3, -0.25) is 4.79 Å². The van der Waals surface area contributed by atoms with E-state index in [1.807, 2.05) is 30.3 Å². The van der Waals surface area contributed by atoms with Crippen LogP contribution in [-0.4, -0.2) is 20.1 Å². The third-order valence-electron chi connectivity index (χ3n) is 4.22. The maximum Gasteiger partial charge on any atom is 0.228 e. The quantitative estimate of drug-likeness (QED) is 0.554. The minimum absolute atomic E-state index is 0.0493. The largest absolute Gasteiger partial charge is 0.326 e. The molecule has 6 nitrogen and oxygen atoms in total. The van der Waals surface area contributed by atoms with Crippen LogP contribution in [0.25, 0.3) is 0 Å². The zero-order valence-corrected chi connectivity index (χ0v) is 16.8. The minimum atomic E-state index is -3.24. The summed E-state index contributed by atoms with van der Waals surface area (Å²) >= 11 is 0. The second kappa shape index (κ2) is 9.25. The fourth-order valence-corrected chi connectivity index (χ4v) is 3.48. The van der Waals surface area contributed by atoms with Crippen LogP contribution in [0.1, 0.15) is 12.5 Å². The van der Waals surface area contributed by atoms with E-state index >= 15 is 0 Å². The van der Waals surface area contributed by atoms with Gasteiger partial charge in [0.05, 0.1) is 28.4 Å². The van der Waals surface area contributed by atoms with E-state index < -0.39 is 9.84 Å². The van der Waals surface area contributed by atoms with E-state index in [0.717, 1.165) is 11.3 Å². The van der Waals surface area contributed by atoms with Crippen LogP contribution >= 0.6 is 0 Å². The van der Waals surface area contributed by atoms with E-state index in [2.05, 4.69) is 15.5 Å². The molecule has 0 unspecified atom stereocenters. The number of sulfone groups is 1. The number of nitrogens with zero attached hydrogens (tertiary/aromatic N) is 2. The van der Waals surface area contributed by atoms with Gasteiger partial charge >= 0.3 is 0 Å². The Morgan fingerprint density at radius 3 is 2.00 bits per heavy atom. The Morgan fingerprint density at radius 2 is 1.41 bits per heavy atom. The number of carbonyl (C=O) groups is 1. The van der Waals surface area contributed by atoms with Gasteiger partial charge in [0, 0.05) is 5.69 Å². The normalized spacial score (nSPS) is 11.5. The van der Waals surface area contributed by atoms with Crippen LogP contribution in [0.4, 0.5) is 17.1 Å². The third kappa shape index (κ3) is 5.83. The Hall–Kier alpha value is -3.32. The molecule has 1 N–H and O–H groups in total. The van der Waals surface area contributed by atoms with Crippen molar-refractivity contribution in [2.45, 2.75) is 18.2 Å². The van der Waals surface area contributed by atoms with E-state index in [-0.39, 0.29) is 23.0 Å². The molecule has 0 spiro atoms. The van der Waals surface area contributed by atoms with Crippen LogP contribution in [0, 0.1) is 0 Å². The van der Waals surface area contributed by atoms with Crippen molar-refractivity contribution in [3.8, 4) is 0 Å². The highest BCUT2D eigenvalue weighted by molar-refractivity contribution is 7.91. The maximum absolute atomic E-state index is 12.2. The van der Waals surface area contributed by atoms with E-state index in [9.17, 15) is 13.2 Å². The number of anilines is 1. The summed E-state index contributed by atoms with van der Waals surface area (Å²) in [7, 11) is -3.24. The number of hydrogen-bond acceptors (Lipinski definition) is 5. The monoisotopic (exact) mass is 407 g/mol. The number of rotatable bonds is 7. The smallest absolute Gasteiger partial charge is 0.228 e. The predicted molar refractivity (Wildman–Crippen MR) is 114 cm³/mol. The highest BCUT2D eigenvalue weighted by Gasteiger charge is 2.11. The van der Waals surface area contributed by atoms with Crippen LogP contribution in [-0.2, 0) is 21.1 Å². The molecule has 0 bridgehead atoms. The highest BCUT2D eigenvalue weighted by atomic mass is 32.2. The standard InChI is InChI=1S/C22H21N3O3S/c1-2-29(27,28)21-14-8-17(9-15-21)16-22(26)23-18-10-12-20(13-11-18)25-24-19-6-4-3-5-7-19/h3-15H,2,16H2,1H3,(H,23,26). The topological polar surface area (TPSA) is 88.0 Å². The molecule has 0 radical (unpaired) electrons. The van der Waals surface area contributed by atoms with Gasteiger partial charge in [0.25, 0.3) is 0 Å². The molecule has 3 aromatic carbocycles. The van der Waals surface area contributed by atoms with Gasteiger partial charge in [0.1, 0.15) is 0 Å². The second-order valence-corrected chi connectivity index (χ2v) is 8.63. The van der Waals surface area contributed by atoms with Gasteiger partial charge in [-0.05, 0) is 54.1 Å². The lowest BCUT2D eigenvalue weighted by Gasteiger charge is -2.07. The van der Waals surface area contributed by atoms with Crippen LogP contribution in [0.5, 0.6) is 0 Å². The van der Waals surface area contributed by atoms with Crippen LogP contribution in [0.3, 0.4) is 0 Å². The molecule has 0 heterocycles. The highest BCUT2D eigenvalue weighted by Crippen LogP contribution is 2.20. The average molecular weight is 407 g/mol. The van der Waals surface area contributed by atoms with E-state index in [4.69, 9.17) is 0 Å². The Bertz CT molecular complexity index is 1090. The van der Waals surface area contributed by atoms with Crippen molar-refractivity contribution in [3.05, 3.63) is 84.4 Å². The van der Waals surface area contributed by atoms with E-state index in [1.165, 1.54) is 12.1 Å². The van der Waals surface area contributed by atoms with Gasteiger partial charge in [-0.25, -0.2) is 8.42 Å². The van der Waals surface area contributed by atoms with Gasteiger partial charge in [0.2, 0.25) is 5.91 Å². The summed E-state index contributed by atoms with van der Waals surface area (Å²) in [6.45, 7) is 1.60. The molecule has 29 heavy (non-hydrogen) atoms. The summed E-state index contributed by atoms with van der Waals surface area (Å²) in [5, 5.41) is 11.1. The average Bonchev–Trinajstić information content (AvgIpc) is 2.74. The summed E-state index contributed by atoms with van der Waals surface area (Å²) in [5.74, 6) is -0.136. The molecule has 0 aliphatic heterocycles. The van der Waals surface area contributed by atoms with Gasteiger partial charge in [0.15, 0.2) is 9.84 Å². The molecule has 0 fully saturated rings. The Balaban J connectivity index is 1.57. The lowest BCUT2D eigenvalue weighted by atomic mass is 10.1. The summed E-state index contributed by atoms with van der Waals surface area (Å²) in [6, 6.07) is 22.9. The SMILES string of the molecule is CCS(=O)(=O)c1ccc(CC(=O)Nc2ccc(N=Nc3ccccc3)cc2)cc1. The fraction of sp³-hybridized carbons (Fsp3) is 0.136. The molecular formula is C22H21N3O3S. The summed E-state index contributed by atoms with van der Waals surface area (Å²) < 4.78 is 23.7. The van der Waals surface area contributed by atoms with Gasteiger partial charge in [-0.2, -0.15) is 10.2 Å². The molecule has 148 valence electrons. The fourth-order valence-electron chi connectivity index (χ4n) is 2.59. The maximum atomic E-state index is 12.2. The van der Waals surface area contributed by atoms with Crippen molar-refractivity contribution >= 4 is 32.8 Å². The molecule has 0 aliphatic rings. The molecule has 0 atom stereocenters. The molecule has 0 saturated carbocycles. The summed E-state index contributed by atoms with van der Waals surface area (Å²) in [4.78, 5) is 12.5. The van der Waals surface area contributed by atoms with Crippen molar-refractivity contribution in [1.82, 2.24) is 0 Å². The van der Waals surface area contributed by atoms with Crippen molar-refractivity contribution in [2.24, 2.45) is 10.2 Å². The van der Waals surface area contributed by atoms with Gasteiger partial charge in [-0.15, -0.1) is 0 Å². The van der Waals surface area contributed by atoms with Crippen molar-refractivity contribution < 1.29 is 13.2 Å². The number of carbonyl (C=O) groups excluding carboxylic acids is 1. The molecule has 3 aromatic rings. The Labute approximate surface area is 170 Å². The van der Waals surface area contributed by atoms with Gasteiger partial charge < -0.3 is 5.32 Å². The van der Waals surface area contributed by atoms with Crippen LogP contribution < -0.4 is 5.32 Å². The number of hydrogen-bond donors (Lipinski definition) is 1. The predicted octanol–water partition coefficient (Wildman–Crippen LogP) is 5.08. The number of amides is 1. The van der Waals surface area contributed by atoms with E-state index in [1.54, 1.807) is 43.3 Å². The third-order valence-corrected chi connectivity index (χ3v) is 5.97. The first-order valence-electron chi connectivity index (χ1n) is 9.15. The first kappa shape index (κ1) is 20.4. The molecule has 3 rings (SSSR count). The van der Waals surface area contributed by atoms with Crippen LogP contribution in [0.15, 0.2) is 94.0 Å². The van der Waals surface area contributed by atoms with E-state index in [0.29, 0.717) is 11.4 Å². The zero-order valence-electron chi connectivity index (χ0n) is 15.9. The lowest BCUT2D eigenvalue weighted by molar-refractivity contribution is -0.115. The second-order valence-electron chi connectivity index (χ2n) is 6.35. The Kier molecular flexibility index (Phi) is 6.51. The summed E-state index contributed by atoms with van der Waals surface area (Å²) in [5.41, 5.74) is 2.84. The summed E-state index contributed by atoms with van der Waals surface area (Å²) in [6.07, 6.45) is 0.155. The number of azo groups is 1. The molecule has 7 heteroatoms. The lowest BCUT2D eigenvalue weighted by Crippen LogP contribution is -2.14. The van der Waals surface area contributed by atoms with Crippen LogP contribution in [0.2, 0.25) is 0 Å². The van der Waals surface area contributed by atoms with Crippen molar-refractivity contribution in [3.63, 3.8) is 0 Å². The van der Waals surface area contributed by atoms with Crippen molar-refractivity contribution in [2.75, 3.05) is 11.1 Å². The molecular weight excluding hydrogens is 386 g/mol. The first-order chi connectivity index (χ1) is 14.0. The molecule has 0 saturated heterocycles. The zero-order chi connectivity index (χ0) is 20.7. The molecule has 0 aromatic heterocycles. The molecule has 1 amide bonds. The minimum Gasteiger partial charge on any atom is -0.326 e. The number of nitrogens with one attached hydrogen (secondary N) is 1. The van der Waals surface area contributed by atoms with Gasteiger partial charge in [-0.1, -0.05) is 37.3 Å². The first-order valence-corrected chi connectivity index (χ1v) is 10.8. The number of benzene rings is 3. The molecule has 0 aliphatic carbocycles. The Morgan fingerprint density at radius 1 is 0.828 bits per heavy atom.